The molecule has 2 aromatic heterocycles. The van der Waals surface area contributed by atoms with Gasteiger partial charge in [0.05, 0.1) is 29.6 Å². The number of imidazole rings is 1. The van der Waals surface area contributed by atoms with E-state index in [1.165, 1.54) is 0 Å². The molecule has 0 aliphatic carbocycles. The molecule has 0 atom stereocenters. The number of carbonyl (C=O) groups excluding carboxylic acids is 2. The average molecular weight is 604 g/mol. The van der Waals surface area contributed by atoms with Crippen molar-refractivity contribution in [2.24, 2.45) is 0 Å². The number of anilines is 1. The number of hydrogen-bond acceptors (Lipinski definition) is 5. The molecule has 0 unspecified atom stereocenters. The molecule has 5 rings (SSSR count). The topological polar surface area (TPSA) is 125 Å². The number of hydroxylamine groups is 1. The molecule has 0 bridgehead atoms. The summed E-state index contributed by atoms with van der Waals surface area (Å²) in [5, 5.41) is 19.8. The molecule has 2 heterocycles. The maximum atomic E-state index is 12.8. The fourth-order valence-electron chi connectivity index (χ4n) is 4.49. The summed E-state index contributed by atoms with van der Waals surface area (Å²) in [5.41, 5.74) is 7.30. The zero-order valence-electron chi connectivity index (χ0n) is 22.5. The van der Waals surface area contributed by atoms with E-state index in [0.717, 1.165) is 46.3 Å². The number of fused-ring (bicyclic) bond motifs is 1. The number of aromatic nitrogens is 4. The molecule has 42 heavy (non-hydrogen) atoms. The smallest absolute Gasteiger partial charge is 0.256 e. The van der Waals surface area contributed by atoms with E-state index in [9.17, 15) is 9.59 Å². The van der Waals surface area contributed by atoms with Crippen molar-refractivity contribution in [3.63, 3.8) is 0 Å². The van der Waals surface area contributed by atoms with Crippen LogP contribution in [-0.2, 0) is 11.3 Å². The summed E-state index contributed by atoms with van der Waals surface area (Å²) in [7, 11) is 0. The minimum atomic E-state index is -0.375. The quantitative estimate of drug-likeness (QED) is 0.0728. The van der Waals surface area contributed by atoms with Gasteiger partial charge in [0.2, 0.25) is 5.91 Å². The first-order valence-corrected chi connectivity index (χ1v) is 14.1. The van der Waals surface area contributed by atoms with Gasteiger partial charge in [-0.25, -0.2) is 10.5 Å². The van der Waals surface area contributed by atoms with Crippen molar-refractivity contribution in [1.29, 1.82) is 0 Å². The van der Waals surface area contributed by atoms with Gasteiger partial charge >= 0.3 is 0 Å². The molecule has 0 spiro atoms. The van der Waals surface area contributed by atoms with E-state index in [2.05, 4.69) is 20.5 Å². The van der Waals surface area contributed by atoms with Crippen molar-refractivity contribution in [3.8, 4) is 11.3 Å². The van der Waals surface area contributed by atoms with Gasteiger partial charge in [0.25, 0.3) is 5.91 Å². The summed E-state index contributed by atoms with van der Waals surface area (Å²) in [6, 6.07) is 20.4. The highest BCUT2D eigenvalue weighted by molar-refractivity contribution is 6.36. The number of amides is 2. The standard InChI is InChI=1S/C31H28Cl2N6O3/c32-24-7-5-8-25(33)23(24)18-39-19-34-26-15-14-22(16-28(26)39)27-17-29(37-36-27)35-31(41)21-12-10-20(11-13-21)6-3-1-2-4-9-30(40)38-42/h3,5-8,10-17,19,42H,1-2,4,9,18H2,(H,38,40)(H2,35,36,37,41). The fraction of sp³-hybridized carbons (Fsp3) is 0.161. The second-order valence-corrected chi connectivity index (χ2v) is 10.5. The number of H-pyrrole nitrogens is 1. The van der Waals surface area contributed by atoms with Gasteiger partial charge in [-0.2, -0.15) is 5.10 Å². The number of unbranched alkanes of at least 4 members (excludes halogenated alkanes) is 2. The van der Waals surface area contributed by atoms with Crippen molar-refractivity contribution in [2.45, 2.75) is 32.2 Å². The van der Waals surface area contributed by atoms with Gasteiger partial charge in [-0.15, -0.1) is 0 Å². The Morgan fingerprint density at radius 2 is 1.79 bits per heavy atom. The van der Waals surface area contributed by atoms with Gasteiger partial charge in [0.15, 0.2) is 5.82 Å². The van der Waals surface area contributed by atoms with E-state index in [4.69, 9.17) is 28.4 Å². The summed E-state index contributed by atoms with van der Waals surface area (Å²) in [4.78, 5) is 28.4. The van der Waals surface area contributed by atoms with Gasteiger partial charge < -0.3 is 9.88 Å². The Kier molecular flexibility index (Phi) is 9.33. The monoisotopic (exact) mass is 602 g/mol. The van der Waals surface area contributed by atoms with E-state index in [0.29, 0.717) is 40.8 Å². The van der Waals surface area contributed by atoms with Crippen LogP contribution < -0.4 is 10.8 Å². The first-order chi connectivity index (χ1) is 20.4. The molecule has 2 amide bonds. The molecule has 214 valence electrons. The number of benzene rings is 3. The van der Waals surface area contributed by atoms with E-state index in [1.807, 2.05) is 65.3 Å². The lowest BCUT2D eigenvalue weighted by Crippen LogP contribution is -2.17. The minimum absolute atomic E-state index is 0.268. The van der Waals surface area contributed by atoms with E-state index in [-0.39, 0.29) is 11.8 Å². The molecule has 0 saturated carbocycles. The molecule has 0 aliphatic heterocycles. The third-order valence-corrected chi connectivity index (χ3v) is 7.48. The number of nitrogens with one attached hydrogen (secondary N) is 3. The number of aromatic amines is 1. The molecule has 0 aliphatic rings. The summed E-state index contributed by atoms with van der Waals surface area (Å²) in [6.45, 7) is 0.475. The van der Waals surface area contributed by atoms with Crippen molar-refractivity contribution < 1.29 is 14.8 Å². The zero-order valence-corrected chi connectivity index (χ0v) is 24.0. The highest BCUT2D eigenvalue weighted by Gasteiger charge is 2.13. The van der Waals surface area contributed by atoms with Crippen LogP contribution in [0, 0.1) is 0 Å². The number of carbonyl (C=O) groups is 2. The Bertz CT molecular complexity index is 1720. The van der Waals surface area contributed by atoms with Crippen LogP contribution in [0.5, 0.6) is 0 Å². The zero-order chi connectivity index (χ0) is 29.5. The van der Waals surface area contributed by atoms with Crippen LogP contribution in [0.4, 0.5) is 5.82 Å². The summed E-state index contributed by atoms with van der Waals surface area (Å²) in [5.74, 6) is -0.235. The third-order valence-electron chi connectivity index (χ3n) is 6.77. The van der Waals surface area contributed by atoms with Crippen molar-refractivity contribution in [3.05, 3.63) is 106 Å². The molecule has 9 nitrogen and oxygen atoms in total. The number of rotatable bonds is 11. The maximum Gasteiger partial charge on any atom is 0.256 e. The Balaban J connectivity index is 1.21. The largest absolute Gasteiger partial charge is 0.326 e. The first kappa shape index (κ1) is 29.1. The van der Waals surface area contributed by atoms with Crippen LogP contribution in [0.15, 0.2) is 79.1 Å². The predicted molar refractivity (Wildman–Crippen MR) is 165 cm³/mol. The Morgan fingerprint density at radius 1 is 1.00 bits per heavy atom. The van der Waals surface area contributed by atoms with Crippen molar-refractivity contribution in [2.75, 3.05) is 5.32 Å². The highest BCUT2D eigenvalue weighted by Crippen LogP contribution is 2.28. The van der Waals surface area contributed by atoms with Crippen LogP contribution in [0.3, 0.4) is 0 Å². The van der Waals surface area contributed by atoms with Crippen LogP contribution in [-0.4, -0.2) is 36.8 Å². The van der Waals surface area contributed by atoms with Gasteiger partial charge in [-0.3, -0.25) is 19.9 Å². The Morgan fingerprint density at radius 3 is 2.55 bits per heavy atom. The Hall–Kier alpha value is -4.44. The van der Waals surface area contributed by atoms with E-state index in [1.54, 1.807) is 30.0 Å². The van der Waals surface area contributed by atoms with E-state index >= 15 is 0 Å². The number of nitrogens with zero attached hydrogens (tertiary/aromatic N) is 3. The summed E-state index contributed by atoms with van der Waals surface area (Å²) >= 11 is 12.8. The first-order valence-electron chi connectivity index (χ1n) is 13.4. The number of hydrogen-bond donors (Lipinski definition) is 4. The molecule has 0 saturated heterocycles. The molecule has 5 aromatic rings. The Labute approximate surface area is 252 Å². The second kappa shape index (κ2) is 13.5. The predicted octanol–water partition coefficient (Wildman–Crippen LogP) is 7.11. The number of halogens is 2. The lowest BCUT2D eigenvalue weighted by atomic mass is 10.1. The molecular weight excluding hydrogens is 575 g/mol. The highest BCUT2D eigenvalue weighted by atomic mass is 35.5. The van der Waals surface area contributed by atoms with Gasteiger partial charge in [-0.05, 0) is 61.2 Å². The average Bonchev–Trinajstić information content (AvgIpc) is 3.63. The van der Waals surface area contributed by atoms with Gasteiger partial charge in [0.1, 0.15) is 0 Å². The number of allylic oxidation sites excluding steroid dienone is 1. The third kappa shape index (κ3) is 7.06. The fourth-order valence-corrected chi connectivity index (χ4v) is 5.01. The van der Waals surface area contributed by atoms with Crippen molar-refractivity contribution >= 4 is 57.9 Å². The summed E-state index contributed by atoms with van der Waals surface area (Å²) in [6.07, 6.45) is 8.40. The van der Waals surface area contributed by atoms with Crippen LogP contribution in [0.2, 0.25) is 10.0 Å². The molecule has 4 N–H and O–H groups in total. The molecule has 11 heteroatoms. The van der Waals surface area contributed by atoms with Gasteiger partial charge in [0, 0.05) is 39.2 Å². The summed E-state index contributed by atoms with van der Waals surface area (Å²) < 4.78 is 1.99. The molecular formula is C31H28Cl2N6O3. The van der Waals surface area contributed by atoms with Crippen molar-refractivity contribution in [1.82, 2.24) is 25.2 Å². The molecule has 0 fully saturated rings. The lowest BCUT2D eigenvalue weighted by molar-refractivity contribution is -0.129. The second-order valence-electron chi connectivity index (χ2n) is 9.70. The lowest BCUT2D eigenvalue weighted by Gasteiger charge is -2.09. The van der Waals surface area contributed by atoms with Crippen LogP contribution >= 0.6 is 23.2 Å². The van der Waals surface area contributed by atoms with E-state index < -0.39 is 0 Å². The van der Waals surface area contributed by atoms with Gasteiger partial charge in [-0.1, -0.05) is 59.6 Å². The minimum Gasteiger partial charge on any atom is -0.326 e. The molecule has 3 aromatic carbocycles. The SMILES string of the molecule is O=C(CCCCC=Cc1ccc(C(=O)Nc2cc(-c3ccc4ncn(Cc5c(Cl)cccc5Cl)c4c3)[nH]n2)cc1)NO. The molecule has 0 radical (unpaired) electrons. The van der Waals surface area contributed by atoms with Crippen LogP contribution in [0.25, 0.3) is 28.4 Å². The van der Waals surface area contributed by atoms with Crippen LogP contribution in [0.1, 0.15) is 47.2 Å². The maximum absolute atomic E-state index is 12.8. The normalized spacial score (nSPS) is 11.3.